The van der Waals surface area contributed by atoms with Crippen LogP contribution < -0.4 is 5.19 Å². The molecule has 232 valence electrons. The maximum atomic E-state index is 5.30. The molecule has 0 saturated carbocycles. The van der Waals surface area contributed by atoms with Gasteiger partial charge in [-0.1, -0.05) is 142 Å². The van der Waals surface area contributed by atoms with Crippen LogP contribution in [-0.4, -0.2) is 18.0 Å². The molecule has 0 amide bonds. The van der Waals surface area contributed by atoms with Gasteiger partial charge in [0.25, 0.3) is 0 Å². The third-order valence-electron chi connectivity index (χ3n) is 10.5. The Labute approximate surface area is 280 Å². The highest BCUT2D eigenvalue weighted by atomic mass is 28.3. The number of fused-ring (bicyclic) bond motifs is 4. The lowest BCUT2D eigenvalue weighted by atomic mass is 9.82. The standard InChI is InChI=1S/C44H42N2Si/c1-44(2)38-23-13-21-35(42(38)37-25-24-33(27-39(37)44)47(3,4)5)31-18-11-19-32(26-31)41-28-40(30-15-7-6-8-16-30)45-43(46-41)36-22-12-17-29-14-9-10-20-34(29)36/h6-8,11-13,15-19,21-28H,9-10,14,20H2,1-5H3. The van der Waals surface area contributed by atoms with Crippen LogP contribution in [0.5, 0.6) is 0 Å². The van der Waals surface area contributed by atoms with E-state index in [-0.39, 0.29) is 5.41 Å². The van der Waals surface area contributed by atoms with Gasteiger partial charge in [-0.3, -0.25) is 0 Å². The van der Waals surface area contributed by atoms with Gasteiger partial charge in [-0.2, -0.15) is 0 Å². The zero-order chi connectivity index (χ0) is 32.3. The monoisotopic (exact) mass is 626 g/mol. The fraction of sp³-hybridized carbons (Fsp3) is 0.227. The molecule has 5 aromatic carbocycles. The van der Waals surface area contributed by atoms with Gasteiger partial charge in [-0.25, -0.2) is 9.97 Å². The van der Waals surface area contributed by atoms with Gasteiger partial charge in [0.2, 0.25) is 0 Å². The number of nitrogens with zero attached hydrogens (tertiary/aromatic N) is 2. The molecule has 0 fully saturated rings. The number of aryl methyl sites for hydroxylation is 1. The second-order valence-corrected chi connectivity index (χ2v) is 20.0. The first-order chi connectivity index (χ1) is 22.7. The smallest absolute Gasteiger partial charge is 0.160 e. The third kappa shape index (κ3) is 5.18. The van der Waals surface area contributed by atoms with Crippen LogP contribution >= 0.6 is 0 Å². The normalized spacial score (nSPS) is 14.7. The number of aromatic nitrogens is 2. The molecule has 0 atom stereocenters. The van der Waals surface area contributed by atoms with Crippen molar-refractivity contribution in [2.45, 2.75) is 64.6 Å². The molecule has 0 N–H and O–H groups in total. The summed E-state index contributed by atoms with van der Waals surface area (Å²) < 4.78 is 0. The quantitative estimate of drug-likeness (QED) is 0.178. The zero-order valence-corrected chi connectivity index (χ0v) is 29.2. The van der Waals surface area contributed by atoms with E-state index >= 15 is 0 Å². The minimum Gasteiger partial charge on any atom is -0.228 e. The molecule has 2 aliphatic carbocycles. The highest BCUT2D eigenvalue weighted by Crippen LogP contribution is 2.52. The van der Waals surface area contributed by atoms with E-state index in [0.717, 1.165) is 41.2 Å². The summed E-state index contributed by atoms with van der Waals surface area (Å²) in [7, 11) is -1.44. The second kappa shape index (κ2) is 11.3. The van der Waals surface area contributed by atoms with E-state index in [0.29, 0.717) is 0 Å². The van der Waals surface area contributed by atoms with Crippen molar-refractivity contribution in [3.8, 4) is 56.2 Å². The van der Waals surface area contributed by atoms with Crippen LogP contribution in [0.2, 0.25) is 19.6 Å². The molecule has 47 heavy (non-hydrogen) atoms. The molecule has 0 bridgehead atoms. The average molecular weight is 627 g/mol. The van der Waals surface area contributed by atoms with Crippen LogP contribution in [-0.2, 0) is 18.3 Å². The Bertz CT molecular complexity index is 2150. The topological polar surface area (TPSA) is 25.8 Å². The molecule has 2 aliphatic rings. The van der Waals surface area contributed by atoms with Crippen molar-refractivity contribution in [3.05, 3.63) is 138 Å². The van der Waals surface area contributed by atoms with Crippen LogP contribution in [0.15, 0.2) is 115 Å². The predicted octanol–water partition coefficient (Wildman–Crippen LogP) is 10.9. The first kappa shape index (κ1) is 29.8. The lowest BCUT2D eigenvalue weighted by molar-refractivity contribution is 0.661. The van der Waals surface area contributed by atoms with E-state index in [1.54, 1.807) is 0 Å². The van der Waals surface area contributed by atoms with E-state index in [1.807, 2.05) is 0 Å². The SMILES string of the molecule is CC1(C)c2cc([Si](C)(C)C)ccc2-c2c(-c3cccc(-c4cc(-c5ccccc5)nc(-c5cccc6c5CCCC6)n4)c3)cccc21. The van der Waals surface area contributed by atoms with Crippen molar-refractivity contribution in [1.82, 2.24) is 9.97 Å². The predicted molar refractivity (Wildman–Crippen MR) is 201 cm³/mol. The molecule has 0 unspecified atom stereocenters. The number of benzene rings is 5. The van der Waals surface area contributed by atoms with Gasteiger partial charge in [0.05, 0.1) is 19.5 Å². The summed E-state index contributed by atoms with van der Waals surface area (Å²) >= 11 is 0. The lowest BCUT2D eigenvalue weighted by Gasteiger charge is -2.24. The van der Waals surface area contributed by atoms with E-state index < -0.39 is 8.07 Å². The maximum Gasteiger partial charge on any atom is 0.160 e. The summed E-state index contributed by atoms with van der Waals surface area (Å²) in [5.74, 6) is 0.819. The fourth-order valence-electron chi connectivity index (χ4n) is 7.80. The van der Waals surface area contributed by atoms with Crippen molar-refractivity contribution in [2.75, 3.05) is 0 Å². The van der Waals surface area contributed by atoms with Crippen molar-refractivity contribution >= 4 is 13.3 Å². The largest absolute Gasteiger partial charge is 0.228 e. The third-order valence-corrected chi connectivity index (χ3v) is 12.5. The Balaban J connectivity index is 1.28. The average Bonchev–Trinajstić information content (AvgIpc) is 3.33. The Hall–Kier alpha value is -4.60. The summed E-state index contributed by atoms with van der Waals surface area (Å²) in [6, 6.07) is 42.5. The molecular weight excluding hydrogens is 585 g/mol. The Morgan fingerprint density at radius 1 is 0.553 bits per heavy atom. The molecule has 1 aromatic heterocycles. The van der Waals surface area contributed by atoms with Gasteiger partial charge in [0.15, 0.2) is 5.82 Å². The Morgan fingerprint density at radius 3 is 2.04 bits per heavy atom. The van der Waals surface area contributed by atoms with Crippen molar-refractivity contribution < 1.29 is 0 Å². The second-order valence-electron chi connectivity index (χ2n) is 14.9. The highest BCUT2D eigenvalue weighted by molar-refractivity contribution is 6.88. The molecular formula is C44H42N2Si. The summed E-state index contributed by atoms with van der Waals surface area (Å²) in [4.78, 5) is 10.5. The Kier molecular flexibility index (Phi) is 7.14. The summed E-state index contributed by atoms with van der Waals surface area (Å²) in [5, 5.41) is 1.52. The van der Waals surface area contributed by atoms with Crippen LogP contribution in [0, 0.1) is 0 Å². The number of rotatable bonds is 5. The molecule has 0 spiro atoms. The highest BCUT2D eigenvalue weighted by Gasteiger charge is 2.37. The van der Waals surface area contributed by atoms with Gasteiger partial charge in [0.1, 0.15) is 0 Å². The summed E-state index contributed by atoms with van der Waals surface area (Å²) in [5.41, 5.74) is 16.2. The van der Waals surface area contributed by atoms with Crippen molar-refractivity contribution in [2.24, 2.45) is 0 Å². The van der Waals surface area contributed by atoms with Crippen molar-refractivity contribution in [1.29, 1.82) is 0 Å². The van der Waals surface area contributed by atoms with Gasteiger partial charge >= 0.3 is 0 Å². The minimum atomic E-state index is -1.44. The molecule has 0 radical (unpaired) electrons. The number of hydrogen-bond donors (Lipinski definition) is 0. The van der Waals surface area contributed by atoms with Crippen LogP contribution in [0.25, 0.3) is 56.2 Å². The molecule has 8 rings (SSSR count). The van der Waals surface area contributed by atoms with Gasteiger partial charge in [-0.05, 0) is 82.3 Å². The molecule has 3 heteroatoms. The van der Waals surface area contributed by atoms with Gasteiger partial charge < -0.3 is 0 Å². The van der Waals surface area contributed by atoms with E-state index in [2.05, 4.69) is 149 Å². The van der Waals surface area contributed by atoms with Crippen molar-refractivity contribution in [3.63, 3.8) is 0 Å². The van der Waals surface area contributed by atoms with Gasteiger partial charge in [-0.15, -0.1) is 0 Å². The lowest BCUT2D eigenvalue weighted by Crippen LogP contribution is -2.38. The molecule has 1 heterocycles. The molecule has 2 nitrogen and oxygen atoms in total. The zero-order valence-electron chi connectivity index (χ0n) is 28.2. The fourth-order valence-corrected chi connectivity index (χ4v) is 8.96. The van der Waals surface area contributed by atoms with Crippen LogP contribution in [0.1, 0.15) is 48.9 Å². The first-order valence-electron chi connectivity index (χ1n) is 17.1. The maximum absolute atomic E-state index is 5.30. The summed E-state index contributed by atoms with van der Waals surface area (Å²) in [6.07, 6.45) is 4.70. The Morgan fingerprint density at radius 2 is 1.23 bits per heavy atom. The molecule has 0 aliphatic heterocycles. The molecule has 6 aromatic rings. The number of hydrogen-bond acceptors (Lipinski definition) is 2. The minimum absolute atomic E-state index is 0.0467. The van der Waals surface area contributed by atoms with E-state index in [4.69, 9.17) is 9.97 Å². The van der Waals surface area contributed by atoms with Gasteiger partial charge in [0, 0.05) is 22.1 Å². The summed E-state index contributed by atoms with van der Waals surface area (Å²) in [6.45, 7) is 12.1. The van der Waals surface area contributed by atoms with Crippen LogP contribution in [0.3, 0.4) is 0 Å². The van der Waals surface area contributed by atoms with E-state index in [9.17, 15) is 0 Å². The molecule has 0 saturated heterocycles. The van der Waals surface area contributed by atoms with Crippen LogP contribution in [0.4, 0.5) is 0 Å². The first-order valence-corrected chi connectivity index (χ1v) is 20.6. The van der Waals surface area contributed by atoms with E-state index in [1.165, 1.54) is 68.1 Å².